The number of carboxylic acids is 2. The van der Waals surface area contributed by atoms with Gasteiger partial charge in [-0.15, -0.1) is 0 Å². The Labute approximate surface area is 231 Å². The summed E-state index contributed by atoms with van der Waals surface area (Å²) in [5.41, 5.74) is 5.48. The molecule has 6 heteroatoms. The maximum Gasteiger partial charge on any atom is 1.00 e. The average molecular weight is 458 g/mol. The molecule has 0 spiro atoms. The molecular formula is C24H52KNO4. The smallest absolute Gasteiger partial charge is 1.00 e. The molecule has 0 aromatic rings. The fourth-order valence-corrected chi connectivity index (χ4v) is 2.69. The van der Waals surface area contributed by atoms with E-state index in [-0.39, 0.29) is 65.7 Å². The van der Waals surface area contributed by atoms with Gasteiger partial charge in [0.25, 0.3) is 0 Å². The molecule has 30 heavy (non-hydrogen) atoms. The Kier molecular flexibility index (Phi) is 46.5. The first kappa shape index (κ1) is 37.8. The van der Waals surface area contributed by atoms with Crippen molar-refractivity contribution < 1.29 is 72.6 Å². The van der Waals surface area contributed by atoms with Crippen LogP contribution in [0.4, 0.5) is 0 Å². The maximum absolute atomic E-state index is 9.37. The molecule has 0 aliphatic rings. The topological polar surface area (TPSA) is 101 Å². The number of rotatable bonds is 18. The number of carboxylic acid groups (broad SMARTS) is 2. The fourth-order valence-electron chi connectivity index (χ4n) is 2.69. The van der Waals surface area contributed by atoms with Gasteiger partial charge < -0.3 is 17.4 Å². The van der Waals surface area contributed by atoms with E-state index in [1.54, 1.807) is 13.8 Å². The third kappa shape index (κ3) is 51.3. The van der Waals surface area contributed by atoms with Crippen molar-refractivity contribution in [1.29, 1.82) is 0 Å². The van der Waals surface area contributed by atoms with E-state index < -0.39 is 11.9 Å². The molecule has 4 N–H and O–H groups in total. The Balaban J connectivity index is -0.000000157. The molecule has 0 aliphatic heterocycles. The van der Waals surface area contributed by atoms with Crippen LogP contribution < -0.4 is 57.1 Å². The van der Waals surface area contributed by atoms with Crippen LogP contribution in [0.5, 0.6) is 0 Å². The van der Waals surface area contributed by atoms with E-state index in [0.717, 1.165) is 6.54 Å². The molecule has 5 nitrogen and oxygen atoms in total. The second-order valence-electron chi connectivity index (χ2n) is 7.59. The number of hydrogen-bond donors (Lipinski definition) is 3. The minimum absolute atomic E-state index is 0. The van der Waals surface area contributed by atoms with Gasteiger partial charge in [-0.3, -0.25) is 9.59 Å². The van der Waals surface area contributed by atoms with Gasteiger partial charge in [0.15, 0.2) is 0 Å². The van der Waals surface area contributed by atoms with Crippen molar-refractivity contribution in [2.45, 2.75) is 136 Å². The summed E-state index contributed by atoms with van der Waals surface area (Å²) in [5.74, 6) is -1.49. The van der Waals surface area contributed by atoms with Gasteiger partial charge in [0.1, 0.15) is 0 Å². The Hall–Kier alpha value is 0.536. The molecule has 0 radical (unpaired) electrons. The normalized spacial score (nSPS) is 9.47. The van der Waals surface area contributed by atoms with Crippen LogP contribution in [0, 0.1) is 0 Å². The van der Waals surface area contributed by atoms with Gasteiger partial charge >= 0.3 is 63.3 Å². The van der Waals surface area contributed by atoms with Gasteiger partial charge in [-0.25, -0.2) is 0 Å². The summed E-state index contributed by atoms with van der Waals surface area (Å²) in [7, 11) is 0. The molecule has 0 aromatic carbocycles. The zero-order valence-electron chi connectivity index (χ0n) is 21.7. The number of unbranched alkanes of at least 4 members (excludes halogenated alkanes) is 15. The predicted molar refractivity (Wildman–Crippen MR) is 126 cm³/mol. The second-order valence-corrected chi connectivity index (χ2v) is 7.59. The number of hydrogen-bond acceptors (Lipinski definition) is 3. The molecule has 0 atom stereocenters. The largest absolute Gasteiger partial charge is 1.00 e. The van der Waals surface area contributed by atoms with Crippen LogP contribution >= 0.6 is 0 Å². The number of nitrogens with two attached hydrogens (primary N) is 1. The molecule has 0 bridgehead atoms. The molecule has 0 unspecified atom stereocenters. The van der Waals surface area contributed by atoms with Crippen LogP contribution in [-0.4, -0.2) is 28.7 Å². The fraction of sp³-hybridized carbons (Fsp3) is 0.917. The first-order valence-corrected chi connectivity index (χ1v) is 12.1. The molecule has 0 rings (SSSR count). The Bertz CT molecular complexity index is 305. The molecule has 0 saturated carbocycles. The van der Waals surface area contributed by atoms with E-state index in [4.69, 9.17) is 15.9 Å². The molecule has 0 saturated heterocycles. The molecular weight excluding hydrogens is 405 g/mol. The first-order valence-electron chi connectivity index (χ1n) is 12.1. The maximum atomic E-state index is 9.37. The van der Waals surface area contributed by atoms with Crippen LogP contribution in [0.1, 0.15) is 138 Å². The van der Waals surface area contributed by atoms with E-state index in [9.17, 15) is 9.59 Å². The van der Waals surface area contributed by atoms with Gasteiger partial charge in [0, 0.05) is 12.8 Å². The number of aliphatic carboxylic acids is 2. The van der Waals surface area contributed by atoms with Gasteiger partial charge in [-0.1, -0.05) is 117 Å². The summed E-state index contributed by atoms with van der Waals surface area (Å²) in [6, 6.07) is 0. The molecule has 0 fully saturated rings. The summed E-state index contributed by atoms with van der Waals surface area (Å²) in [6.07, 6.45) is 23.3. The summed E-state index contributed by atoms with van der Waals surface area (Å²) in [6.45, 7) is 6.36. The Morgan fingerprint density at radius 1 is 0.567 bits per heavy atom. The standard InChI is InChI=1S/C18H39N.2C3H6O2.K.H/c1-2-3-4-5-6-7-8-9-10-11-12-13-14-15-16-17-18-19;2*1-2-3(4)5;;/h2-19H2,1H3;2*2H2,1H3,(H,4,5);;/q;;;+1;-1. The third-order valence-electron chi connectivity index (χ3n) is 4.66. The quantitative estimate of drug-likeness (QED) is 0.211. The Morgan fingerprint density at radius 2 is 0.767 bits per heavy atom. The van der Waals surface area contributed by atoms with Crippen molar-refractivity contribution >= 4 is 11.9 Å². The molecule has 178 valence electrons. The first-order chi connectivity index (χ1) is 14.0. The van der Waals surface area contributed by atoms with Crippen molar-refractivity contribution in [2.24, 2.45) is 5.73 Å². The van der Waals surface area contributed by atoms with Gasteiger partial charge in [0.05, 0.1) is 0 Å². The second kappa shape index (κ2) is 36.9. The van der Waals surface area contributed by atoms with E-state index >= 15 is 0 Å². The van der Waals surface area contributed by atoms with Gasteiger partial charge in [-0.05, 0) is 13.0 Å². The number of carbonyl (C=O) groups is 2. The van der Waals surface area contributed by atoms with E-state index in [1.807, 2.05) is 0 Å². The van der Waals surface area contributed by atoms with Crippen molar-refractivity contribution in [3.05, 3.63) is 0 Å². The SMILES string of the molecule is CCC(=O)O.CCC(=O)O.CCCCCCCCCCCCCCCCCCN.[H-].[K+]. The van der Waals surface area contributed by atoms with Crippen molar-refractivity contribution in [1.82, 2.24) is 0 Å². The molecule has 0 aliphatic carbocycles. The van der Waals surface area contributed by atoms with E-state index in [2.05, 4.69) is 6.92 Å². The zero-order chi connectivity index (χ0) is 22.6. The van der Waals surface area contributed by atoms with E-state index in [0.29, 0.717) is 0 Å². The van der Waals surface area contributed by atoms with Gasteiger partial charge in [0.2, 0.25) is 0 Å². The predicted octanol–water partition coefficient (Wildman–Crippen LogP) is 4.29. The van der Waals surface area contributed by atoms with Crippen LogP contribution in [0.3, 0.4) is 0 Å². The van der Waals surface area contributed by atoms with Crippen LogP contribution in [0.2, 0.25) is 0 Å². The molecule has 0 heterocycles. The van der Waals surface area contributed by atoms with Crippen molar-refractivity contribution in [2.75, 3.05) is 6.54 Å². The van der Waals surface area contributed by atoms with Crippen molar-refractivity contribution in [3.8, 4) is 0 Å². The molecule has 0 aromatic heterocycles. The molecule has 0 amide bonds. The van der Waals surface area contributed by atoms with Crippen LogP contribution in [-0.2, 0) is 9.59 Å². The summed E-state index contributed by atoms with van der Waals surface area (Å²) in [5, 5.41) is 15.4. The minimum Gasteiger partial charge on any atom is -1.00 e. The van der Waals surface area contributed by atoms with Gasteiger partial charge in [-0.2, -0.15) is 0 Å². The van der Waals surface area contributed by atoms with Crippen LogP contribution in [0.25, 0.3) is 0 Å². The van der Waals surface area contributed by atoms with Crippen molar-refractivity contribution in [3.63, 3.8) is 0 Å². The zero-order valence-corrected chi connectivity index (χ0v) is 23.8. The average Bonchev–Trinajstić information content (AvgIpc) is 2.71. The summed E-state index contributed by atoms with van der Waals surface area (Å²) in [4.78, 5) is 18.7. The minimum atomic E-state index is -0.745. The van der Waals surface area contributed by atoms with Crippen LogP contribution in [0.15, 0.2) is 0 Å². The van der Waals surface area contributed by atoms with E-state index in [1.165, 1.54) is 103 Å². The summed E-state index contributed by atoms with van der Waals surface area (Å²) >= 11 is 0. The Morgan fingerprint density at radius 3 is 0.933 bits per heavy atom. The third-order valence-corrected chi connectivity index (χ3v) is 4.66. The summed E-state index contributed by atoms with van der Waals surface area (Å²) < 4.78 is 0. The monoisotopic (exact) mass is 457 g/mol.